The lowest BCUT2D eigenvalue weighted by Gasteiger charge is -2.36. The maximum atomic E-state index is 12.1. The first-order valence-corrected chi connectivity index (χ1v) is 7.97. The van der Waals surface area contributed by atoms with Crippen molar-refractivity contribution in [3.8, 4) is 0 Å². The van der Waals surface area contributed by atoms with Crippen LogP contribution in [0.5, 0.6) is 0 Å². The molecule has 3 heterocycles. The Kier molecular flexibility index (Phi) is 4.21. The summed E-state index contributed by atoms with van der Waals surface area (Å²) in [7, 11) is 1.36. The van der Waals surface area contributed by atoms with Crippen LogP contribution in [0.4, 0.5) is 0 Å². The van der Waals surface area contributed by atoms with Crippen LogP contribution in [0.3, 0.4) is 0 Å². The zero-order valence-corrected chi connectivity index (χ0v) is 12.7. The van der Waals surface area contributed by atoms with E-state index in [1.54, 1.807) is 5.38 Å². The van der Waals surface area contributed by atoms with Gasteiger partial charge in [-0.3, -0.25) is 4.79 Å². The number of amides is 1. The molecule has 21 heavy (non-hydrogen) atoms. The van der Waals surface area contributed by atoms with E-state index < -0.39 is 5.97 Å². The quantitative estimate of drug-likeness (QED) is 0.787. The number of rotatable bonds is 3. The second-order valence-corrected chi connectivity index (χ2v) is 6.29. The molecule has 0 radical (unpaired) electrons. The number of carbonyl (C=O) groups excluding carboxylic acids is 2. The number of ether oxygens (including phenoxy) is 2. The third kappa shape index (κ3) is 2.94. The van der Waals surface area contributed by atoms with Crippen molar-refractivity contribution in [2.24, 2.45) is 5.92 Å². The molecule has 2 fully saturated rings. The Hall–Kier alpha value is -1.47. The summed E-state index contributed by atoms with van der Waals surface area (Å²) in [5.41, 5.74) is 0.377. The van der Waals surface area contributed by atoms with Crippen LogP contribution in [0.1, 0.15) is 34.3 Å². The Bertz CT molecular complexity index is 533. The molecule has 0 atom stereocenters. The zero-order chi connectivity index (χ0) is 14.8. The zero-order valence-electron chi connectivity index (χ0n) is 11.9. The number of carbonyl (C=O) groups is 2. The molecule has 0 spiro atoms. The molecule has 2 saturated heterocycles. The Labute approximate surface area is 127 Å². The van der Waals surface area contributed by atoms with Gasteiger partial charge in [0.2, 0.25) is 5.91 Å². The molecule has 0 N–H and O–H groups in total. The van der Waals surface area contributed by atoms with Crippen LogP contribution < -0.4 is 0 Å². The summed E-state index contributed by atoms with van der Waals surface area (Å²) in [6.45, 7) is 2.64. The number of hydrogen-bond donors (Lipinski definition) is 0. The van der Waals surface area contributed by atoms with Gasteiger partial charge in [0.05, 0.1) is 31.2 Å². The smallest absolute Gasteiger partial charge is 0.357 e. The maximum Gasteiger partial charge on any atom is 0.357 e. The Balaban J connectivity index is 1.56. The van der Waals surface area contributed by atoms with Gasteiger partial charge in [-0.05, 0) is 12.8 Å². The summed E-state index contributed by atoms with van der Waals surface area (Å²) in [5.74, 6) is 0.214. The maximum absolute atomic E-state index is 12.1. The Morgan fingerprint density at radius 2 is 2.10 bits per heavy atom. The number of esters is 1. The largest absolute Gasteiger partial charge is 0.464 e. The lowest BCUT2D eigenvalue weighted by molar-refractivity contribution is -0.150. The third-order valence-electron chi connectivity index (χ3n) is 4.06. The summed E-state index contributed by atoms with van der Waals surface area (Å²) in [5, 5.41) is 2.71. The van der Waals surface area contributed by atoms with E-state index in [-0.39, 0.29) is 11.8 Å². The molecule has 0 aromatic carbocycles. The lowest BCUT2D eigenvalue weighted by Crippen LogP contribution is -2.47. The predicted octanol–water partition coefficient (Wildman–Crippen LogP) is 1.28. The van der Waals surface area contributed by atoms with Gasteiger partial charge in [-0.1, -0.05) is 0 Å². The fraction of sp³-hybridized carbons (Fsp3) is 0.643. The number of piperidine rings is 1. The van der Waals surface area contributed by atoms with E-state index in [1.165, 1.54) is 18.4 Å². The minimum absolute atomic E-state index is 0.0624. The second kappa shape index (κ2) is 6.11. The number of hydrogen-bond acceptors (Lipinski definition) is 6. The van der Waals surface area contributed by atoms with Crippen LogP contribution in [0.2, 0.25) is 0 Å². The highest BCUT2D eigenvalue weighted by atomic mass is 32.1. The molecule has 6 nitrogen and oxygen atoms in total. The first-order chi connectivity index (χ1) is 10.2. The van der Waals surface area contributed by atoms with Crippen LogP contribution in [0.25, 0.3) is 0 Å². The van der Waals surface area contributed by atoms with Gasteiger partial charge in [-0.2, -0.15) is 0 Å². The molecule has 1 aromatic rings. The molecular weight excluding hydrogens is 292 g/mol. The number of aromatic nitrogens is 1. The molecule has 0 saturated carbocycles. The highest BCUT2D eigenvalue weighted by Crippen LogP contribution is 2.31. The van der Waals surface area contributed by atoms with Crippen molar-refractivity contribution >= 4 is 23.2 Å². The summed E-state index contributed by atoms with van der Waals surface area (Å²) in [4.78, 5) is 29.8. The molecule has 2 aliphatic heterocycles. The highest BCUT2D eigenvalue weighted by molar-refractivity contribution is 7.09. The van der Waals surface area contributed by atoms with Gasteiger partial charge >= 0.3 is 5.97 Å². The Morgan fingerprint density at radius 1 is 1.38 bits per heavy atom. The first-order valence-electron chi connectivity index (χ1n) is 7.09. The minimum Gasteiger partial charge on any atom is -0.464 e. The predicted molar refractivity (Wildman–Crippen MR) is 76.3 cm³/mol. The molecule has 0 aliphatic carbocycles. The Morgan fingerprint density at radius 3 is 2.67 bits per heavy atom. The fourth-order valence-corrected chi connectivity index (χ4v) is 3.62. The van der Waals surface area contributed by atoms with Crippen molar-refractivity contribution < 1.29 is 19.1 Å². The van der Waals surface area contributed by atoms with Crippen molar-refractivity contribution in [1.82, 2.24) is 9.88 Å². The van der Waals surface area contributed by atoms with Crippen molar-refractivity contribution in [2.75, 3.05) is 33.4 Å². The van der Waals surface area contributed by atoms with Crippen molar-refractivity contribution in [3.05, 3.63) is 16.1 Å². The van der Waals surface area contributed by atoms with E-state index in [2.05, 4.69) is 9.72 Å². The monoisotopic (exact) mass is 310 g/mol. The molecule has 1 amide bonds. The summed E-state index contributed by atoms with van der Waals surface area (Å²) >= 11 is 1.50. The van der Waals surface area contributed by atoms with Crippen LogP contribution in [-0.2, 0) is 14.3 Å². The van der Waals surface area contributed by atoms with Gasteiger partial charge in [0.1, 0.15) is 0 Å². The summed E-state index contributed by atoms with van der Waals surface area (Å²) < 4.78 is 9.74. The first kappa shape index (κ1) is 14.5. The average molecular weight is 310 g/mol. The number of methoxy groups -OCH3 is 1. The number of thiazole rings is 1. The van der Waals surface area contributed by atoms with Gasteiger partial charge in [0, 0.05) is 24.4 Å². The third-order valence-corrected chi connectivity index (χ3v) is 5.07. The van der Waals surface area contributed by atoms with Gasteiger partial charge in [0.25, 0.3) is 0 Å². The fourth-order valence-electron chi connectivity index (χ4n) is 2.66. The van der Waals surface area contributed by atoms with Crippen LogP contribution in [-0.4, -0.2) is 55.2 Å². The van der Waals surface area contributed by atoms with Gasteiger partial charge in [0.15, 0.2) is 5.69 Å². The van der Waals surface area contributed by atoms with Gasteiger partial charge in [-0.15, -0.1) is 11.3 Å². The molecule has 2 aliphatic rings. The second-order valence-electron chi connectivity index (χ2n) is 5.40. The topological polar surface area (TPSA) is 68.7 Å². The summed E-state index contributed by atoms with van der Waals surface area (Å²) in [6, 6.07) is 0. The SMILES string of the molecule is COC(=O)c1csc(C2CCN(C(=O)C3COC3)CC2)n1. The molecule has 0 bridgehead atoms. The van der Waals surface area contributed by atoms with E-state index in [9.17, 15) is 9.59 Å². The lowest BCUT2D eigenvalue weighted by atomic mass is 9.96. The van der Waals surface area contributed by atoms with E-state index in [1.807, 2.05) is 4.90 Å². The molecule has 1 aromatic heterocycles. The van der Waals surface area contributed by atoms with Gasteiger partial charge in [-0.25, -0.2) is 9.78 Å². The molecular formula is C14H18N2O4S. The molecule has 3 rings (SSSR count). The number of likely N-dealkylation sites (tertiary alicyclic amines) is 1. The molecule has 7 heteroatoms. The molecule has 114 valence electrons. The molecule has 0 unspecified atom stereocenters. The highest BCUT2D eigenvalue weighted by Gasteiger charge is 2.33. The van der Waals surface area contributed by atoms with Crippen LogP contribution in [0.15, 0.2) is 5.38 Å². The minimum atomic E-state index is -0.393. The summed E-state index contributed by atoms with van der Waals surface area (Å²) in [6.07, 6.45) is 1.79. The van der Waals surface area contributed by atoms with Crippen molar-refractivity contribution in [3.63, 3.8) is 0 Å². The van der Waals surface area contributed by atoms with Crippen molar-refractivity contribution in [1.29, 1.82) is 0 Å². The average Bonchev–Trinajstić information content (AvgIpc) is 2.94. The van der Waals surface area contributed by atoms with Crippen LogP contribution in [0, 0.1) is 5.92 Å². The van der Waals surface area contributed by atoms with Crippen molar-refractivity contribution in [2.45, 2.75) is 18.8 Å². The van der Waals surface area contributed by atoms with E-state index >= 15 is 0 Å². The van der Waals surface area contributed by atoms with E-state index in [4.69, 9.17) is 4.74 Å². The standard InChI is InChI=1S/C14H18N2O4S/c1-19-14(18)11-8-21-12(15-11)9-2-4-16(5-3-9)13(17)10-6-20-7-10/h8-10H,2-7H2,1H3. The van der Waals surface area contributed by atoms with E-state index in [0.717, 1.165) is 30.9 Å². The number of nitrogens with zero attached hydrogens (tertiary/aromatic N) is 2. The normalized spacial score (nSPS) is 20.1. The van der Waals surface area contributed by atoms with E-state index in [0.29, 0.717) is 24.8 Å². The van der Waals surface area contributed by atoms with Crippen LogP contribution >= 0.6 is 11.3 Å². The van der Waals surface area contributed by atoms with Gasteiger partial charge < -0.3 is 14.4 Å².